The summed E-state index contributed by atoms with van der Waals surface area (Å²) in [6.07, 6.45) is 3.31. The largest absolute Gasteiger partial charge is 0.347 e. The first-order chi connectivity index (χ1) is 14.2. The van der Waals surface area contributed by atoms with Crippen molar-refractivity contribution in [2.75, 3.05) is 11.9 Å². The van der Waals surface area contributed by atoms with E-state index in [-0.39, 0.29) is 24.8 Å². The summed E-state index contributed by atoms with van der Waals surface area (Å²) in [6, 6.07) is 19.7. The average molecular weight is 402 g/mol. The van der Waals surface area contributed by atoms with Crippen molar-refractivity contribution in [3.63, 3.8) is 0 Å². The van der Waals surface area contributed by atoms with Crippen molar-refractivity contribution in [1.82, 2.24) is 15.3 Å². The van der Waals surface area contributed by atoms with Crippen molar-refractivity contribution in [3.05, 3.63) is 78.1 Å². The van der Waals surface area contributed by atoms with Crippen LogP contribution in [0.4, 0.5) is 5.69 Å². The molecule has 0 bridgehead atoms. The van der Waals surface area contributed by atoms with Crippen LogP contribution in [0.3, 0.4) is 0 Å². The number of nitrogens with one attached hydrogen (secondary N) is 2. The SMILES string of the molecule is O=C(Cc1nc2ccc(-c3ccccc3)cc2s1)NCC(=O)Nc1cccnc1. The first kappa shape index (κ1) is 18.8. The summed E-state index contributed by atoms with van der Waals surface area (Å²) in [4.78, 5) is 32.6. The molecule has 0 saturated carbocycles. The molecule has 0 unspecified atom stereocenters. The van der Waals surface area contributed by atoms with Crippen LogP contribution in [0.15, 0.2) is 73.1 Å². The van der Waals surface area contributed by atoms with Crippen LogP contribution in [-0.4, -0.2) is 28.3 Å². The van der Waals surface area contributed by atoms with Crippen molar-refractivity contribution in [2.45, 2.75) is 6.42 Å². The Morgan fingerprint density at radius 1 is 0.931 bits per heavy atom. The Morgan fingerprint density at radius 2 is 1.79 bits per heavy atom. The molecule has 2 aromatic carbocycles. The summed E-state index contributed by atoms with van der Waals surface area (Å²) in [6.45, 7) is -0.100. The lowest BCUT2D eigenvalue weighted by atomic mass is 10.1. The van der Waals surface area contributed by atoms with Gasteiger partial charge in [0, 0.05) is 6.20 Å². The molecule has 7 heteroatoms. The molecule has 2 N–H and O–H groups in total. The van der Waals surface area contributed by atoms with Gasteiger partial charge >= 0.3 is 0 Å². The Balaban J connectivity index is 1.36. The van der Waals surface area contributed by atoms with Crippen molar-refractivity contribution in [2.24, 2.45) is 0 Å². The van der Waals surface area contributed by atoms with Crippen LogP contribution in [0, 0.1) is 0 Å². The maximum atomic E-state index is 12.2. The highest BCUT2D eigenvalue weighted by atomic mass is 32.1. The molecule has 2 aromatic heterocycles. The Morgan fingerprint density at radius 3 is 2.59 bits per heavy atom. The number of pyridine rings is 1. The lowest BCUT2D eigenvalue weighted by Crippen LogP contribution is -2.33. The molecule has 29 heavy (non-hydrogen) atoms. The van der Waals surface area contributed by atoms with Gasteiger partial charge < -0.3 is 10.6 Å². The van der Waals surface area contributed by atoms with Crippen LogP contribution in [-0.2, 0) is 16.0 Å². The number of rotatable bonds is 6. The summed E-state index contributed by atoms with van der Waals surface area (Å²) in [5.74, 6) is -0.545. The average Bonchev–Trinajstić information content (AvgIpc) is 3.15. The Hall–Kier alpha value is -3.58. The molecule has 0 fully saturated rings. The fourth-order valence-electron chi connectivity index (χ4n) is 2.88. The quantitative estimate of drug-likeness (QED) is 0.516. The zero-order chi connectivity index (χ0) is 20.1. The van der Waals surface area contributed by atoms with Gasteiger partial charge in [-0.2, -0.15) is 0 Å². The van der Waals surface area contributed by atoms with E-state index < -0.39 is 0 Å². The number of amides is 2. The molecule has 144 valence electrons. The van der Waals surface area contributed by atoms with Crippen molar-refractivity contribution < 1.29 is 9.59 Å². The summed E-state index contributed by atoms with van der Waals surface area (Å²) in [5, 5.41) is 6.02. The normalized spacial score (nSPS) is 10.6. The lowest BCUT2D eigenvalue weighted by molar-refractivity contribution is -0.123. The Kier molecular flexibility index (Phi) is 5.58. The third-order valence-electron chi connectivity index (χ3n) is 4.24. The van der Waals surface area contributed by atoms with E-state index in [1.807, 2.05) is 30.3 Å². The summed E-state index contributed by atoms with van der Waals surface area (Å²) in [5.41, 5.74) is 3.71. The van der Waals surface area contributed by atoms with Gasteiger partial charge in [-0.1, -0.05) is 36.4 Å². The second kappa shape index (κ2) is 8.62. The monoisotopic (exact) mass is 402 g/mol. The smallest absolute Gasteiger partial charge is 0.243 e. The summed E-state index contributed by atoms with van der Waals surface area (Å²) in [7, 11) is 0. The number of thiazole rings is 1. The highest BCUT2D eigenvalue weighted by Gasteiger charge is 2.11. The minimum absolute atomic E-state index is 0.100. The fourth-order valence-corrected chi connectivity index (χ4v) is 3.88. The van der Waals surface area contributed by atoms with Crippen LogP contribution in [0.5, 0.6) is 0 Å². The van der Waals surface area contributed by atoms with Gasteiger partial charge in [0.15, 0.2) is 0 Å². The van der Waals surface area contributed by atoms with Gasteiger partial charge in [-0.25, -0.2) is 4.98 Å². The molecule has 0 radical (unpaired) electrons. The van der Waals surface area contributed by atoms with Gasteiger partial charge in [-0.15, -0.1) is 11.3 Å². The van der Waals surface area contributed by atoms with Gasteiger partial charge in [0.25, 0.3) is 0 Å². The number of carbonyl (C=O) groups excluding carboxylic acids is 2. The Labute approximate surface area is 171 Å². The third-order valence-corrected chi connectivity index (χ3v) is 5.26. The second-order valence-corrected chi connectivity index (χ2v) is 7.51. The predicted octanol–water partition coefficient (Wildman–Crippen LogP) is 3.66. The molecule has 0 aliphatic heterocycles. The first-order valence-electron chi connectivity index (χ1n) is 9.09. The van der Waals surface area contributed by atoms with Crippen LogP contribution in [0.25, 0.3) is 21.3 Å². The van der Waals surface area contributed by atoms with Crippen LogP contribution in [0.2, 0.25) is 0 Å². The molecule has 2 amide bonds. The van der Waals surface area contributed by atoms with E-state index in [1.165, 1.54) is 11.3 Å². The maximum absolute atomic E-state index is 12.2. The number of hydrogen-bond donors (Lipinski definition) is 2. The number of benzene rings is 2. The molecule has 0 saturated heterocycles. The third kappa shape index (κ3) is 4.83. The highest BCUT2D eigenvalue weighted by molar-refractivity contribution is 7.18. The van der Waals surface area contributed by atoms with Crippen LogP contribution < -0.4 is 10.6 Å². The van der Waals surface area contributed by atoms with Crippen molar-refractivity contribution >= 4 is 39.1 Å². The number of carbonyl (C=O) groups is 2. The van der Waals surface area contributed by atoms with E-state index in [4.69, 9.17) is 0 Å². The fraction of sp³-hybridized carbons (Fsp3) is 0.0909. The standard InChI is InChI=1S/C22H18N4O2S/c27-20(24-14-21(28)25-17-7-4-10-23-13-17)12-22-26-18-9-8-16(11-19(18)29-22)15-5-2-1-3-6-15/h1-11,13H,12,14H2,(H,24,27)(H,25,28). The molecule has 4 rings (SSSR count). The topological polar surface area (TPSA) is 84.0 Å². The molecule has 2 heterocycles. The number of fused-ring (bicyclic) bond motifs is 1. The van der Waals surface area contributed by atoms with Crippen LogP contribution >= 0.6 is 11.3 Å². The first-order valence-corrected chi connectivity index (χ1v) is 9.90. The lowest BCUT2D eigenvalue weighted by Gasteiger charge is -2.05. The van der Waals surface area contributed by atoms with Crippen molar-refractivity contribution in [3.8, 4) is 11.1 Å². The molecule has 0 atom stereocenters. The maximum Gasteiger partial charge on any atom is 0.243 e. The van der Waals surface area contributed by atoms with Crippen LogP contribution in [0.1, 0.15) is 5.01 Å². The van der Waals surface area contributed by atoms with E-state index in [0.29, 0.717) is 5.69 Å². The van der Waals surface area contributed by atoms with E-state index >= 15 is 0 Å². The summed E-state index contributed by atoms with van der Waals surface area (Å²) < 4.78 is 1.03. The zero-order valence-corrected chi connectivity index (χ0v) is 16.3. The van der Waals surface area contributed by atoms with Gasteiger partial charge in [0.05, 0.1) is 35.1 Å². The van der Waals surface area contributed by atoms with Gasteiger partial charge in [-0.3, -0.25) is 14.6 Å². The number of aromatic nitrogens is 2. The van der Waals surface area contributed by atoms with Gasteiger partial charge in [-0.05, 0) is 35.4 Å². The number of anilines is 1. The Bertz CT molecular complexity index is 1140. The highest BCUT2D eigenvalue weighted by Crippen LogP contribution is 2.28. The zero-order valence-electron chi connectivity index (χ0n) is 15.5. The molecule has 0 aliphatic rings. The second-order valence-electron chi connectivity index (χ2n) is 6.40. The van der Waals surface area contributed by atoms with E-state index in [0.717, 1.165) is 26.4 Å². The van der Waals surface area contributed by atoms with Gasteiger partial charge in [0.2, 0.25) is 11.8 Å². The molecule has 6 nitrogen and oxygen atoms in total. The van der Waals surface area contributed by atoms with Crippen molar-refractivity contribution in [1.29, 1.82) is 0 Å². The minimum Gasteiger partial charge on any atom is -0.347 e. The molecular formula is C22H18N4O2S. The number of hydrogen-bond acceptors (Lipinski definition) is 5. The molecule has 4 aromatic rings. The van der Waals surface area contributed by atoms with E-state index in [9.17, 15) is 9.59 Å². The predicted molar refractivity (Wildman–Crippen MR) is 115 cm³/mol. The van der Waals surface area contributed by atoms with E-state index in [2.05, 4.69) is 38.8 Å². The molecule has 0 spiro atoms. The number of nitrogens with zero attached hydrogens (tertiary/aromatic N) is 2. The summed E-state index contributed by atoms with van der Waals surface area (Å²) >= 11 is 1.49. The molecular weight excluding hydrogens is 384 g/mol. The molecule has 0 aliphatic carbocycles. The minimum atomic E-state index is -0.303. The van der Waals surface area contributed by atoms with Gasteiger partial charge in [0.1, 0.15) is 5.01 Å². The van der Waals surface area contributed by atoms with E-state index in [1.54, 1.807) is 24.5 Å².